The first-order chi connectivity index (χ1) is 27.3. The summed E-state index contributed by atoms with van der Waals surface area (Å²) >= 11 is 3.73. The number of nitrogens with zero attached hydrogens (tertiary/aromatic N) is 1. The predicted octanol–water partition coefficient (Wildman–Crippen LogP) is 16.0. The standard InChI is InChI=1S/C52H33NS2/c1-2-18-41-34(12-1)13-9-21-42(41)38-16-7-14-36(32-38)37-15-8-17-40(33-37)53(46-23-11-27-50-52(46)45-20-4-6-25-48(45)55-50)39-30-28-35(29-31-39)43-22-10-26-49-51(43)44-19-3-5-24-47(44)54-49/h1-33H. The Labute approximate surface area is 327 Å². The molecule has 2 heterocycles. The van der Waals surface area contributed by atoms with Crippen molar-refractivity contribution >= 4 is 90.9 Å². The minimum absolute atomic E-state index is 1.12. The lowest BCUT2D eigenvalue weighted by Crippen LogP contribution is -2.10. The average Bonchev–Trinajstić information content (AvgIpc) is 3.83. The van der Waals surface area contributed by atoms with Crippen LogP contribution in [0, 0.1) is 0 Å². The topological polar surface area (TPSA) is 3.24 Å². The van der Waals surface area contributed by atoms with Crippen molar-refractivity contribution in [3.05, 3.63) is 200 Å². The zero-order valence-electron chi connectivity index (χ0n) is 29.8. The first kappa shape index (κ1) is 32.0. The Morgan fingerprint density at radius 3 is 1.65 bits per heavy atom. The van der Waals surface area contributed by atoms with Crippen LogP contribution in [0.2, 0.25) is 0 Å². The molecule has 0 unspecified atom stereocenters. The second-order valence-electron chi connectivity index (χ2n) is 14.1. The van der Waals surface area contributed by atoms with Crippen molar-refractivity contribution in [1.29, 1.82) is 0 Å². The van der Waals surface area contributed by atoms with Crippen molar-refractivity contribution in [2.45, 2.75) is 0 Å². The van der Waals surface area contributed by atoms with Gasteiger partial charge in [0.1, 0.15) is 0 Å². The molecule has 0 saturated carbocycles. The van der Waals surface area contributed by atoms with Gasteiger partial charge in [-0.05, 0) is 105 Å². The first-order valence-corrected chi connectivity index (χ1v) is 20.3. The molecule has 258 valence electrons. The highest BCUT2D eigenvalue weighted by Crippen LogP contribution is 2.46. The summed E-state index contributed by atoms with van der Waals surface area (Å²) < 4.78 is 5.23. The second kappa shape index (κ2) is 13.1. The van der Waals surface area contributed by atoms with Crippen LogP contribution < -0.4 is 4.90 Å². The third kappa shape index (κ3) is 5.43. The van der Waals surface area contributed by atoms with Gasteiger partial charge in [0.2, 0.25) is 0 Å². The van der Waals surface area contributed by atoms with Crippen LogP contribution in [0.5, 0.6) is 0 Å². The quantitative estimate of drug-likeness (QED) is 0.164. The molecule has 0 fully saturated rings. The van der Waals surface area contributed by atoms with E-state index in [0.717, 1.165) is 11.4 Å². The van der Waals surface area contributed by atoms with Gasteiger partial charge >= 0.3 is 0 Å². The number of anilines is 3. The molecule has 11 aromatic rings. The van der Waals surface area contributed by atoms with E-state index in [2.05, 4.69) is 205 Å². The van der Waals surface area contributed by atoms with E-state index in [1.54, 1.807) is 0 Å². The summed E-state index contributed by atoms with van der Waals surface area (Å²) in [5, 5.41) is 7.75. The van der Waals surface area contributed by atoms with E-state index in [-0.39, 0.29) is 0 Å². The van der Waals surface area contributed by atoms with E-state index in [1.165, 1.54) is 90.2 Å². The van der Waals surface area contributed by atoms with Crippen LogP contribution in [0.25, 0.3) is 84.5 Å². The van der Waals surface area contributed by atoms with E-state index in [9.17, 15) is 0 Å². The summed E-state index contributed by atoms with van der Waals surface area (Å²) in [5.74, 6) is 0. The number of rotatable bonds is 6. The van der Waals surface area contributed by atoms with Crippen LogP contribution in [0.15, 0.2) is 200 Å². The highest BCUT2D eigenvalue weighted by Gasteiger charge is 2.20. The SMILES string of the molecule is c1cc(-c2cccc(N(c3ccc(-c4cccc5sc6ccccc6c45)cc3)c3cccc4sc5ccccc5c34)c2)cc(-c2cccc3ccccc23)c1. The number of benzene rings is 9. The van der Waals surface area contributed by atoms with Gasteiger partial charge in [0, 0.05) is 51.7 Å². The van der Waals surface area contributed by atoms with Crippen LogP contribution in [-0.4, -0.2) is 0 Å². The Balaban J connectivity index is 1.07. The molecule has 55 heavy (non-hydrogen) atoms. The number of hydrogen-bond donors (Lipinski definition) is 0. The maximum atomic E-state index is 2.45. The zero-order chi connectivity index (χ0) is 36.3. The van der Waals surface area contributed by atoms with E-state index in [0.29, 0.717) is 0 Å². The van der Waals surface area contributed by atoms with Crippen molar-refractivity contribution in [1.82, 2.24) is 0 Å². The van der Waals surface area contributed by atoms with Crippen molar-refractivity contribution in [3.8, 4) is 33.4 Å². The van der Waals surface area contributed by atoms with Gasteiger partial charge in [0.15, 0.2) is 0 Å². The van der Waals surface area contributed by atoms with E-state index >= 15 is 0 Å². The molecule has 0 N–H and O–H groups in total. The lowest BCUT2D eigenvalue weighted by molar-refractivity contribution is 1.30. The number of thiophene rings is 2. The lowest BCUT2D eigenvalue weighted by Gasteiger charge is -2.27. The Morgan fingerprint density at radius 1 is 0.309 bits per heavy atom. The van der Waals surface area contributed by atoms with Crippen molar-refractivity contribution < 1.29 is 0 Å². The molecule has 0 aliphatic heterocycles. The normalized spacial score (nSPS) is 11.6. The number of hydrogen-bond acceptors (Lipinski definition) is 3. The van der Waals surface area contributed by atoms with Gasteiger partial charge < -0.3 is 4.90 Å². The van der Waals surface area contributed by atoms with Crippen LogP contribution in [0.1, 0.15) is 0 Å². The van der Waals surface area contributed by atoms with Crippen molar-refractivity contribution in [2.24, 2.45) is 0 Å². The van der Waals surface area contributed by atoms with Crippen LogP contribution in [0.3, 0.4) is 0 Å². The fourth-order valence-corrected chi connectivity index (χ4v) is 10.6. The summed E-state index contributed by atoms with van der Waals surface area (Å²) in [6.45, 7) is 0. The minimum atomic E-state index is 1.12. The molecular weight excluding hydrogens is 703 g/mol. The second-order valence-corrected chi connectivity index (χ2v) is 16.2. The zero-order valence-corrected chi connectivity index (χ0v) is 31.4. The van der Waals surface area contributed by atoms with Gasteiger partial charge in [-0.25, -0.2) is 0 Å². The third-order valence-electron chi connectivity index (χ3n) is 10.9. The first-order valence-electron chi connectivity index (χ1n) is 18.7. The summed E-state index contributed by atoms with van der Waals surface area (Å²) in [6.07, 6.45) is 0. The maximum absolute atomic E-state index is 2.45. The highest BCUT2D eigenvalue weighted by atomic mass is 32.1. The molecule has 2 aromatic heterocycles. The number of fused-ring (bicyclic) bond motifs is 7. The van der Waals surface area contributed by atoms with Crippen LogP contribution >= 0.6 is 22.7 Å². The fourth-order valence-electron chi connectivity index (χ4n) is 8.34. The highest BCUT2D eigenvalue weighted by molar-refractivity contribution is 7.26. The van der Waals surface area contributed by atoms with Crippen LogP contribution in [0.4, 0.5) is 17.1 Å². The summed E-state index contributed by atoms with van der Waals surface area (Å²) in [7, 11) is 0. The van der Waals surface area contributed by atoms with Gasteiger partial charge in [0.05, 0.1) is 5.69 Å². The molecule has 3 heteroatoms. The Bertz CT molecular complexity index is 3220. The van der Waals surface area contributed by atoms with Gasteiger partial charge in [-0.2, -0.15) is 0 Å². The van der Waals surface area contributed by atoms with Gasteiger partial charge in [-0.3, -0.25) is 0 Å². The van der Waals surface area contributed by atoms with E-state index < -0.39 is 0 Å². The fraction of sp³-hybridized carbons (Fsp3) is 0. The Morgan fingerprint density at radius 2 is 0.855 bits per heavy atom. The molecule has 0 aliphatic carbocycles. The van der Waals surface area contributed by atoms with Gasteiger partial charge in [-0.1, -0.05) is 140 Å². The molecule has 1 nitrogen and oxygen atoms in total. The molecule has 0 saturated heterocycles. The van der Waals surface area contributed by atoms with E-state index in [1.807, 2.05) is 22.7 Å². The monoisotopic (exact) mass is 735 g/mol. The van der Waals surface area contributed by atoms with Crippen molar-refractivity contribution in [2.75, 3.05) is 4.90 Å². The maximum Gasteiger partial charge on any atom is 0.0554 e. The molecule has 0 spiro atoms. The summed E-state index contributed by atoms with van der Waals surface area (Å²) in [5.41, 5.74) is 10.7. The molecular formula is C52H33NS2. The molecule has 0 aliphatic rings. The van der Waals surface area contributed by atoms with Gasteiger partial charge in [0.25, 0.3) is 0 Å². The molecule has 0 radical (unpaired) electrons. The smallest absolute Gasteiger partial charge is 0.0554 e. The van der Waals surface area contributed by atoms with Crippen molar-refractivity contribution in [3.63, 3.8) is 0 Å². The summed E-state index contributed by atoms with van der Waals surface area (Å²) in [6, 6.07) is 73.4. The minimum Gasteiger partial charge on any atom is -0.310 e. The molecule has 0 atom stereocenters. The molecule has 0 amide bonds. The molecule has 11 rings (SSSR count). The summed E-state index contributed by atoms with van der Waals surface area (Å²) in [4.78, 5) is 2.45. The van der Waals surface area contributed by atoms with Crippen LogP contribution in [-0.2, 0) is 0 Å². The average molecular weight is 736 g/mol. The Kier molecular flexibility index (Phi) is 7.61. The third-order valence-corrected chi connectivity index (χ3v) is 13.1. The predicted molar refractivity (Wildman–Crippen MR) is 241 cm³/mol. The Hall–Kier alpha value is -6.52. The molecule has 0 bridgehead atoms. The molecule has 9 aromatic carbocycles. The van der Waals surface area contributed by atoms with E-state index in [4.69, 9.17) is 0 Å². The van der Waals surface area contributed by atoms with Gasteiger partial charge in [-0.15, -0.1) is 22.7 Å². The largest absolute Gasteiger partial charge is 0.310 e. The lowest BCUT2D eigenvalue weighted by atomic mass is 9.95.